The summed E-state index contributed by atoms with van der Waals surface area (Å²) < 4.78 is 5.99. The number of para-hydroxylation sites is 1. The third kappa shape index (κ3) is 5.58. The number of hydrogen-bond acceptors (Lipinski definition) is 2. The molecule has 0 aromatic heterocycles. The van der Waals surface area contributed by atoms with Crippen molar-refractivity contribution in [1.82, 2.24) is 0 Å². The first kappa shape index (κ1) is 18.5. The average Bonchev–Trinajstić information content (AvgIpc) is 2.70. The van der Waals surface area contributed by atoms with Crippen LogP contribution >= 0.6 is 0 Å². The summed E-state index contributed by atoms with van der Waals surface area (Å²) >= 11 is 0. The fourth-order valence-corrected chi connectivity index (χ4v) is 2.80. The van der Waals surface area contributed by atoms with Crippen LogP contribution in [0.3, 0.4) is 0 Å². The number of rotatable bonds is 8. The Morgan fingerprint density at radius 2 is 1.59 bits per heavy atom. The second kappa shape index (κ2) is 9.39. The van der Waals surface area contributed by atoms with E-state index < -0.39 is 5.97 Å². The molecule has 0 radical (unpaired) electrons. The van der Waals surface area contributed by atoms with Crippen molar-refractivity contribution in [3.63, 3.8) is 0 Å². The Balaban J connectivity index is 1.57. The Hall–Kier alpha value is -3.33. The van der Waals surface area contributed by atoms with Gasteiger partial charge in [-0.1, -0.05) is 72.8 Å². The number of ether oxygens (including phenoxy) is 1. The Bertz CT molecular complexity index is 896. The Kier molecular flexibility index (Phi) is 6.42. The second-order valence-corrected chi connectivity index (χ2v) is 6.23. The minimum atomic E-state index is -0.910. The van der Waals surface area contributed by atoms with Crippen LogP contribution in [-0.4, -0.2) is 17.7 Å². The van der Waals surface area contributed by atoms with Crippen molar-refractivity contribution in [3.05, 3.63) is 107 Å². The number of carboxylic acid groups (broad SMARTS) is 1. The molecule has 0 aliphatic rings. The van der Waals surface area contributed by atoms with E-state index in [0.29, 0.717) is 12.2 Å². The highest BCUT2D eigenvalue weighted by Gasteiger charge is 2.03. The van der Waals surface area contributed by atoms with Gasteiger partial charge in [-0.15, -0.1) is 0 Å². The predicted molar refractivity (Wildman–Crippen MR) is 108 cm³/mol. The van der Waals surface area contributed by atoms with Crippen LogP contribution in [0, 0.1) is 0 Å². The molecule has 0 amide bonds. The van der Waals surface area contributed by atoms with E-state index in [2.05, 4.69) is 24.3 Å². The monoisotopic (exact) mass is 358 g/mol. The van der Waals surface area contributed by atoms with Crippen LogP contribution in [0.1, 0.15) is 27.0 Å². The van der Waals surface area contributed by atoms with Crippen LogP contribution in [0.15, 0.2) is 84.9 Å². The van der Waals surface area contributed by atoms with Gasteiger partial charge < -0.3 is 9.84 Å². The van der Waals surface area contributed by atoms with Gasteiger partial charge in [-0.3, -0.25) is 0 Å². The topological polar surface area (TPSA) is 46.5 Å². The highest BCUT2D eigenvalue weighted by Crippen LogP contribution is 2.20. The summed E-state index contributed by atoms with van der Waals surface area (Å²) in [6.45, 7) is 0.640. The number of carbonyl (C=O) groups is 1. The van der Waals surface area contributed by atoms with Gasteiger partial charge in [-0.25, -0.2) is 4.79 Å². The first-order valence-electron chi connectivity index (χ1n) is 8.97. The van der Waals surface area contributed by atoms with E-state index in [-0.39, 0.29) is 0 Å². The maximum atomic E-state index is 10.9. The van der Waals surface area contributed by atoms with Crippen LogP contribution in [0.2, 0.25) is 0 Å². The molecule has 3 nitrogen and oxygen atoms in total. The minimum absolute atomic E-state index is 0.296. The first-order chi connectivity index (χ1) is 13.2. The quantitative estimate of drug-likeness (QED) is 0.597. The van der Waals surface area contributed by atoms with Gasteiger partial charge in [0.25, 0.3) is 0 Å². The molecule has 0 saturated carbocycles. The molecule has 1 N–H and O–H groups in total. The molecule has 0 heterocycles. The maximum absolute atomic E-state index is 10.9. The second-order valence-electron chi connectivity index (χ2n) is 6.23. The Morgan fingerprint density at radius 3 is 2.33 bits per heavy atom. The molecule has 0 aliphatic carbocycles. The molecule has 3 heteroatoms. The molecule has 0 saturated heterocycles. The summed E-state index contributed by atoms with van der Waals surface area (Å²) in [6, 6.07) is 25.2. The number of benzene rings is 3. The molecule has 3 aromatic rings. The van der Waals surface area contributed by atoms with Crippen molar-refractivity contribution in [2.45, 2.75) is 12.8 Å². The summed E-state index contributed by atoms with van der Waals surface area (Å²) in [5, 5.41) is 8.94. The van der Waals surface area contributed by atoms with E-state index in [1.54, 1.807) is 12.1 Å². The zero-order chi connectivity index (χ0) is 18.9. The van der Waals surface area contributed by atoms with Gasteiger partial charge in [0.1, 0.15) is 5.75 Å². The van der Waals surface area contributed by atoms with Crippen molar-refractivity contribution in [1.29, 1.82) is 0 Å². The van der Waals surface area contributed by atoms with E-state index >= 15 is 0 Å². The molecular formula is C24H22O3. The van der Waals surface area contributed by atoms with Crippen LogP contribution in [0.25, 0.3) is 6.08 Å². The van der Waals surface area contributed by atoms with E-state index in [9.17, 15) is 4.79 Å². The van der Waals surface area contributed by atoms with Crippen molar-refractivity contribution in [2.75, 3.05) is 6.61 Å². The molecule has 3 aromatic carbocycles. The van der Waals surface area contributed by atoms with Gasteiger partial charge in [0.15, 0.2) is 0 Å². The molecule has 0 spiro atoms. The van der Waals surface area contributed by atoms with Crippen LogP contribution in [0.5, 0.6) is 5.75 Å². The SMILES string of the molecule is O=C(O)c1ccc(C=CCc2ccccc2OCCc2ccccc2)cc1. The number of aromatic carboxylic acids is 1. The smallest absolute Gasteiger partial charge is 0.335 e. The van der Waals surface area contributed by atoms with E-state index in [4.69, 9.17) is 9.84 Å². The largest absolute Gasteiger partial charge is 0.493 e. The van der Waals surface area contributed by atoms with Crippen molar-refractivity contribution < 1.29 is 14.6 Å². The molecule has 0 atom stereocenters. The maximum Gasteiger partial charge on any atom is 0.335 e. The molecule has 0 bridgehead atoms. The number of carboxylic acids is 1. The lowest BCUT2D eigenvalue weighted by atomic mass is 10.1. The summed E-state index contributed by atoms with van der Waals surface area (Å²) in [6.07, 6.45) is 5.69. The molecule has 27 heavy (non-hydrogen) atoms. The third-order valence-corrected chi connectivity index (χ3v) is 4.27. The van der Waals surface area contributed by atoms with Gasteiger partial charge in [-0.2, -0.15) is 0 Å². The van der Waals surface area contributed by atoms with Crippen LogP contribution in [-0.2, 0) is 12.8 Å². The van der Waals surface area contributed by atoms with Crippen molar-refractivity contribution in [3.8, 4) is 5.75 Å². The number of hydrogen-bond donors (Lipinski definition) is 1. The third-order valence-electron chi connectivity index (χ3n) is 4.27. The fraction of sp³-hybridized carbons (Fsp3) is 0.125. The van der Waals surface area contributed by atoms with Gasteiger partial charge in [-0.05, 0) is 41.3 Å². The van der Waals surface area contributed by atoms with Crippen molar-refractivity contribution >= 4 is 12.0 Å². The van der Waals surface area contributed by atoms with Crippen LogP contribution < -0.4 is 4.74 Å². The van der Waals surface area contributed by atoms with Gasteiger partial charge in [0.2, 0.25) is 0 Å². The summed E-state index contributed by atoms with van der Waals surface area (Å²) in [7, 11) is 0. The lowest BCUT2D eigenvalue weighted by Crippen LogP contribution is -2.03. The average molecular weight is 358 g/mol. The highest BCUT2D eigenvalue weighted by molar-refractivity contribution is 5.87. The summed E-state index contributed by atoms with van der Waals surface area (Å²) in [4.78, 5) is 10.9. The number of allylic oxidation sites excluding steroid dienone is 1. The standard InChI is InChI=1S/C24H22O3/c25-24(26)22-15-13-20(14-16-22)9-6-11-21-10-4-5-12-23(21)27-18-17-19-7-2-1-3-8-19/h1-10,12-16H,11,17-18H2,(H,25,26). The van der Waals surface area contributed by atoms with Crippen molar-refractivity contribution in [2.24, 2.45) is 0 Å². The van der Waals surface area contributed by atoms with E-state index in [1.165, 1.54) is 5.56 Å². The molecule has 0 unspecified atom stereocenters. The molecule has 0 fully saturated rings. The zero-order valence-electron chi connectivity index (χ0n) is 15.0. The highest BCUT2D eigenvalue weighted by atomic mass is 16.5. The predicted octanol–water partition coefficient (Wildman–Crippen LogP) is 5.26. The van der Waals surface area contributed by atoms with Gasteiger partial charge >= 0.3 is 5.97 Å². The summed E-state index contributed by atoms with van der Waals surface area (Å²) in [5.74, 6) is -0.00795. The van der Waals surface area contributed by atoms with Crippen LogP contribution in [0.4, 0.5) is 0 Å². The Labute approximate surface area is 159 Å². The molecule has 3 rings (SSSR count). The molecule has 0 aliphatic heterocycles. The van der Waals surface area contributed by atoms with Gasteiger partial charge in [0, 0.05) is 6.42 Å². The summed E-state index contributed by atoms with van der Waals surface area (Å²) in [5.41, 5.74) is 3.66. The molecular weight excluding hydrogens is 336 g/mol. The normalized spacial score (nSPS) is 10.8. The first-order valence-corrected chi connectivity index (χ1v) is 8.97. The van der Waals surface area contributed by atoms with E-state index in [1.807, 2.05) is 54.6 Å². The minimum Gasteiger partial charge on any atom is -0.493 e. The lowest BCUT2D eigenvalue weighted by molar-refractivity contribution is 0.0697. The van der Waals surface area contributed by atoms with Gasteiger partial charge in [0.05, 0.1) is 12.2 Å². The fourth-order valence-electron chi connectivity index (χ4n) is 2.80. The lowest BCUT2D eigenvalue weighted by Gasteiger charge is -2.10. The van der Waals surface area contributed by atoms with E-state index in [0.717, 1.165) is 29.7 Å². The zero-order valence-corrected chi connectivity index (χ0v) is 15.0. The molecule has 136 valence electrons. The Morgan fingerprint density at radius 1 is 0.889 bits per heavy atom.